The molecule has 0 aliphatic rings. The average molecular weight is 457 g/mol. The van der Waals surface area contributed by atoms with E-state index in [1.807, 2.05) is 24.3 Å². The molecular weight excluding hydrogens is 443 g/mol. The number of pyridine rings is 2. The Morgan fingerprint density at radius 1 is 1.00 bits per heavy atom. The van der Waals surface area contributed by atoms with E-state index in [0.717, 1.165) is 34.7 Å². The minimum atomic E-state index is -4.77. The highest BCUT2D eigenvalue weighted by atomic mass is 32.1. The Morgan fingerprint density at radius 2 is 1.81 bits per heavy atom. The number of hydrogen-bond donors (Lipinski definition) is 2. The summed E-state index contributed by atoms with van der Waals surface area (Å²) < 4.78 is 40.5. The number of carbonyl (C=O) groups excluding carboxylic acids is 1. The summed E-state index contributed by atoms with van der Waals surface area (Å²) in [6.45, 7) is 0. The summed E-state index contributed by atoms with van der Waals surface area (Å²) in [5, 5.41) is 6.11. The number of amides is 1. The Bertz CT molecular complexity index is 1210. The molecule has 3 aromatic heterocycles. The molecule has 0 saturated heterocycles. The monoisotopic (exact) mass is 457 g/mol. The van der Waals surface area contributed by atoms with Crippen molar-refractivity contribution in [1.82, 2.24) is 15.0 Å². The third-order valence-electron chi connectivity index (χ3n) is 4.02. The van der Waals surface area contributed by atoms with Crippen LogP contribution in [0.25, 0.3) is 11.3 Å². The maximum atomic E-state index is 12.4. The lowest BCUT2D eigenvalue weighted by molar-refractivity contribution is -0.274. The van der Waals surface area contributed by atoms with Gasteiger partial charge in [-0.05, 0) is 48.5 Å². The van der Waals surface area contributed by atoms with E-state index in [9.17, 15) is 18.0 Å². The molecule has 3 heterocycles. The van der Waals surface area contributed by atoms with E-state index in [0.29, 0.717) is 21.5 Å². The molecule has 11 heteroatoms. The molecule has 0 fully saturated rings. The van der Waals surface area contributed by atoms with Crippen LogP contribution < -0.4 is 15.4 Å². The predicted molar refractivity (Wildman–Crippen MR) is 114 cm³/mol. The minimum Gasteiger partial charge on any atom is -0.406 e. The van der Waals surface area contributed by atoms with Gasteiger partial charge in [-0.25, -0.2) is 9.97 Å². The van der Waals surface area contributed by atoms with Gasteiger partial charge in [-0.15, -0.1) is 13.2 Å². The van der Waals surface area contributed by atoms with Crippen molar-refractivity contribution in [2.24, 2.45) is 0 Å². The molecule has 1 aromatic carbocycles. The smallest absolute Gasteiger partial charge is 0.406 e. The molecule has 4 aromatic rings. The number of hydrogen-bond acceptors (Lipinski definition) is 7. The predicted octanol–water partition coefficient (Wildman–Crippen LogP) is 5.49. The lowest BCUT2D eigenvalue weighted by atomic mass is 10.2. The Hall–Kier alpha value is -3.99. The highest BCUT2D eigenvalue weighted by Gasteiger charge is 2.31. The van der Waals surface area contributed by atoms with Crippen LogP contribution in [0.15, 0.2) is 73.2 Å². The second kappa shape index (κ2) is 9.02. The van der Waals surface area contributed by atoms with Gasteiger partial charge >= 0.3 is 6.36 Å². The third kappa shape index (κ3) is 5.58. The van der Waals surface area contributed by atoms with Crippen molar-refractivity contribution in [3.63, 3.8) is 0 Å². The molecule has 0 aliphatic heterocycles. The Labute approximate surface area is 184 Å². The van der Waals surface area contributed by atoms with Crippen molar-refractivity contribution in [2.75, 3.05) is 10.6 Å². The van der Waals surface area contributed by atoms with Gasteiger partial charge in [0.15, 0.2) is 5.13 Å². The molecule has 1 amide bonds. The molecule has 0 spiro atoms. The number of aromatic nitrogens is 3. The third-order valence-corrected chi connectivity index (χ3v) is 4.93. The first-order valence-corrected chi connectivity index (χ1v) is 9.95. The van der Waals surface area contributed by atoms with E-state index >= 15 is 0 Å². The summed E-state index contributed by atoms with van der Waals surface area (Å²) in [4.78, 5) is 25.5. The molecule has 2 N–H and O–H groups in total. The van der Waals surface area contributed by atoms with Gasteiger partial charge in [-0.1, -0.05) is 17.4 Å². The van der Waals surface area contributed by atoms with Gasteiger partial charge in [0.05, 0.1) is 11.9 Å². The Morgan fingerprint density at radius 3 is 2.53 bits per heavy atom. The number of alkyl halides is 3. The summed E-state index contributed by atoms with van der Waals surface area (Å²) >= 11 is 1.11. The van der Waals surface area contributed by atoms with Crippen molar-refractivity contribution in [3.05, 3.63) is 78.1 Å². The van der Waals surface area contributed by atoms with Crippen molar-refractivity contribution in [3.8, 4) is 17.0 Å². The molecule has 162 valence electrons. The molecule has 0 unspecified atom stereocenters. The molecule has 4 rings (SSSR count). The van der Waals surface area contributed by atoms with E-state index in [2.05, 4.69) is 30.3 Å². The highest BCUT2D eigenvalue weighted by molar-refractivity contribution is 7.17. The lowest BCUT2D eigenvalue weighted by Gasteiger charge is -2.09. The molecular formula is C21H14F3N5O2S. The van der Waals surface area contributed by atoms with Crippen LogP contribution in [0.4, 0.5) is 29.8 Å². The number of thiazole rings is 1. The first-order chi connectivity index (χ1) is 15.4. The van der Waals surface area contributed by atoms with E-state index < -0.39 is 12.3 Å². The fourth-order valence-electron chi connectivity index (χ4n) is 2.66. The maximum absolute atomic E-state index is 12.4. The highest BCUT2D eigenvalue weighted by Crippen LogP contribution is 2.26. The minimum absolute atomic E-state index is 0.312. The van der Waals surface area contributed by atoms with Crippen LogP contribution in [-0.4, -0.2) is 27.2 Å². The number of ether oxygens (including phenoxy) is 1. The second-order valence-electron chi connectivity index (χ2n) is 6.33. The van der Waals surface area contributed by atoms with Crippen LogP contribution in [0.1, 0.15) is 9.67 Å². The van der Waals surface area contributed by atoms with E-state index in [1.54, 1.807) is 18.5 Å². The number of halogens is 3. The molecule has 0 radical (unpaired) electrons. The molecule has 0 atom stereocenters. The van der Waals surface area contributed by atoms with Crippen LogP contribution in [0, 0.1) is 0 Å². The fraction of sp³-hybridized carbons (Fsp3) is 0.0476. The molecule has 0 bridgehead atoms. The molecule has 0 saturated carbocycles. The van der Waals surface area contributed by atoms with Crippen LogP contribution in [-0.2, 0) is 0 Å². The molecule has 0 aliphatic carbocycles. The van der Waals surface area contributed by atoms with Gasteiger partial charge in [-0.2, -0.15) is 0 Å². The summed E-state index contributed by atoms with van der Waals surface area (Å²) in [6.07, 6.45) is 0.00967. The zero-order valence-corrected chi connectivity index (χ0v) is 16.9. The topological polar surface area (TPSA) is 89.0 Å². The first kappa shape index (κ1) is 21.2. The number of anilines is 3. The number of carbonyl (C=O) groups is 1. The van der Waals surface area contributed by atoms with E-state index in [4.69, 9.17) is 0 Å². The lowest BCUT2D eigenvalue weighted by Crippen LogP contribution is -2.17. The van der Waals surface area contributed by atoms with Gasteiger partial charge < -0.3 is 15.4 Å². The number of benzene rings is 1. The van der Waals surface area contributed by atoms with Crippen molar-refractivity contribution < 1.29 is 22.7 Å². The Balaban J connectivity index is 1.40. The van der Waals surface area contributed by atoms with Crippen LogP contribution in [0.5, 0.6) is 5.75 Å². The quantitative estimate of drug-likeness (QED) is 0.398. The van der Waals surface area contributed by atoms with Crippen LogP contribution in [0.3, 0.4) is 0 Å². The zero-order valence-electron chi connectivity index (χ0n) is 16.1. The van der Waals surface area contributed by atoms with Crippen molar-refractivity contribution in [2.45, 2.75) is 6.36 Å². The largest absolute Gasteiger partial charge is 0.573 e. The summed E-state index contributed by atoms with van der Waals surface area (Å²) in [5.41, 5.74) is 1.91. The first-order valence-electron chi connectivity index (χ1n) is 9.13. The van der Waals surface area contributed by atoms with Crippen molar-refractivity contribution in [1.29, 1.82) is 0 Å². The maximum Gasteiger partial charge on any atom is 0.573 e. The van der Waals surface area contributed by atoms with Crippen molar-refractivity contribution >= 4 is 33.9 Å². The number of nitrogens with one attached hydrogen (secondary N) is 2. The van der Waals surface area contributed by atoms with Crippen LogP contribution in [0.2, 0.25) is 0 Å². The normalized spacial score (nSPS) is 11.1. The number of nitrogens with zero attached hydrogens (tertiary/aromatic N) is 3. The summed E-state index contributed by atoms with van der Waals surface area (Å²) in [7, 11) is 0. The summed E-state index contributed by atoms with van der Waals surface area (Å²) in [6, 6.07) is 14.0. The van der Waals surface area contributed by atoms with Gasteiger partial charge in [0.2, 0.25) is 0 Å². The second-order valence-corrected chi connectivity index (χ2v) is 7.36. The zero-order chi connectivity index (χ0) is 22.6. The van der Waals surface area contributed by atoms with E-state index in [1.165, 1.54) is 18.3 Å². The molecule has 32 heavy (non-hydrogen) atoms. The molecule has 7 nitrogen and oxygen atoms in total. The standard InChI is InChI=1S/C21H14F3N5O2S/c22-21(23,24)31-15-8-6-14(7-9-15)27-19(30)17-12-26-20(32-17)29-18-5-1-4-16(28-18)13-3-2-10-25-11-13/h1-12H,(H,27,30)(H,26,28,29). The SMILES string of the molecule is O=C(Nc1ccc(OC(F)(F)F)cc1)c1cnc(Nc2cccc(-c3cccnc3)n2)s1. The van der Waals surface area contributed by atoms with Gasteiger partial charge in [0, 0.05) is 23.6 Å². The average Bonchev–Trinajstić information content (AvgIpc) is 3.24. The fourth-order valence-corrected chi connectivity index (χ4v) is 3.38. The van der Waals surface area contributed by atoms with E-state index in [-0.39, 0.29) is 5.75 Å². The van der Waals surface area contributed by atoms with Crippen LogP contribution >= 0.6 is 11.3 Å². The van der Waals surface area contributed by atoms with Gasteiger partial charge in [-0.3, -0.25) is 9.78 Å². The van der Waals surface area contributed by atoms with Gasteiger partial charge in [0.1, 0.15) is 16.4 Å². The van der Waals surface area contributed by atoms with Gasteiger partial charge in [0.25, 0.3) is 5.91 Å². The number of rotatable bonds is 6. The summed E-state index contributed by atoms with van der Waals surface area (Å²) in [5.74, 6) is -0.272. The Kier molecular flexibility index (Phi) is 5.99.